The van der Waals surface area contributed by atoms with E-state index in [1.165, 1.54) is 0 Å². The second-order valence-corrected chi connectivity index (χ2v) is 5.20. The SMILES string of the molecule is CC1(CNc2c(N)cncc2Br)CCCO1. The Morgan fingerprint density at radius 1 is 1.62 bits per heavy atom. The monoisotopic (exact) mass is 285 g/mol. The van der Waals surface area contributed by atoms with Crippen LogP contribution in [0.2, 0.25) is 0 Å². The van der Waals surface area contributed by atoms with Gasteiger partial charge < -0.3 is 15.8 Å². The maximum absolute atomic E-state index is 5.85. The van der Waals surface area contributed by atoms with Crippen LogP contribution in [0, 0.1) is 0 Å². The fourth-order valence-electron chi connectivity index (χ4n) is 1.89. The molecule has 0 amide bonds. The maximum Gasteiger partial charge on any atom is 0.0826 e. The molecule has 88 valence electrons. The topological polar surface area (TPSA) is 60.2 Å². The molecule has 0 saturated carbocycles. The zero-order chi connectivity index (χ0) is 11.6. The molecular formula is C11H16BrN3O. The van der Waals surface area contributed by atoms with Gasteiger partial charge in [0.2, 0.25) is 0 Å². The first-order valence-corrected chi connectivity index (χ1v) is 6.17. The number of hydrogen-bond donors (Lipinski definition) is 2. The molecule has 1 aliphatic heterocycles. The van der Waals surface area contributed by atoms with Gasteiger partial charge in [-0.05, 0) is 35.7 Å². The van der Waals surface area contributed by atoms with E-state index in [4.69, 9.17) is 10.5 Å². The van der Waals surface area contributed by atoms with Crippen LogP contribution in [0.4, 0.5) is 11.4 Å². The molecule has 1 atom stereocenters. The van der Waals surface area contributed by atoms with Crippen molar-refractivity contribution >= 4 is 27.3 Å². The van der Waals surface area contributed by atoms with Crippen LogP contribution < -0.4 is 11.1 Å². The van der Waals surface area contributed by atoms with E-state index >= 15 is 0 Å². The summed E-state index contributed by atoms with van der Waals surface area (Å²) >= 11 is 3.43. The van der Waals surface area contributed by atoms with E-state index < -0.39 is 0 Å². The molecule has 4 nitrogen and oxygen atoms in total. The van der Waals surface area contributed by atoms with Crippen molar-refractivity contribution in [1.29, 1.82) is 0 Å². The van der Waals surface area contributed by atoms with Gasteiger partial charge in [-0.25, -0.2) is 0 Å². The lowest BCUT2D eigenvalue weighted by Gasteiger charge is -2.24. The molecule has 1 aliphatic rings. The number of aromatic nitrogens is 1. The van der Waals surface area contributed by atoms with Crippen molar-refractivity contribution in [2.24, 2.45) is 0 Å². The highest BCUT2D eigenvalue weighted by Crippen LogP contribution is 2.30. The number of hydrogen-bond acceptors (Lipinski definition) is 4. The Bertz CT molecular complexity index is 357. The van der Waals surface area contributed by atoms with E-state index in [9.17, 15) is 0 Å². The first-order valence-electron chi connectivity index (χ1n) is 5.37. The van der Waals surface area contributed by atoms with Crippen LogP contribution in [0.5, 0.6) is 0 Å². The molecule has 0 aromatic carbocycles. The summed E-state index contributed by atoms with van der Waals surface area (Å²) in [5.74, 6) is 0. The summed E-state index contributed by atoms with van der Waals surface area (Å²) in [6.07, 6.45) is 5.59. The van der Waals surface area contributed by atoms with Gasteiger partial charge >= 0.3 is 0 Å². The summed E-state index contributed by atoms with van der Waals surface area (Å²) in [6, 6.07) is 0. The second kappa shape index (κ2) is 4.59. The number of rotatable bonds is 3. The number of nitrogen functional groups attached to an aromatic ring is 1. The fraction of sp³-hybridized carbons (Fsp3) is 0.545. The van der Waals surface area contributed by atoms with Crippen LogP contribution in [-0.4, -0.2) is 23.7 Å². The number of nitrogens with two attached hydrogens (primary N) is 1. The van der Waals surface area contributed by atoms with Crippen LogP contribution in [0.15, 0.2) is 16.9 Å². The van der Waals surface area contributed by atoms with Crippen molar-refractivity contribution in [1.82, 2.24) is 4.98 Å². The lowest BCUT2D eigenvalue weighted by Crippen LogP contribution is -2.32. The molecule has 5 heteroatoms. The third-order valence-electron chi connectivity index (χ3n) is 2.87. The Morgan fingerprint density at radius 3 is 3.06 bits per heavy atom. The third-order valence-corrected chi connectivity index (χ3v) is 3.47. The number of anilines is 2. The summed E-state index contributed by atoms with van der Waals surface area (Å²) in [6.45, 7) is 3.74. The lowest BCUT2D eigenvalue weighted by atomic mass is 10.0. The summed E-state index contributed by atoms with van der Waals surface area (Å²) in [4.78, 5) is 4.00. The average Bonchev–Trinajstić information content (AvgIpc) is 2.65. The van der Waals surface area contributed by atoms with Gasteiger partial charge in [-0.3, -0.25) is 4.98 Å². The Kier molecular flexibility index (Phi) is 3.35. The van der Waals surface area contributed by atoms with E-state index in [-0.39, 0.29) is 5.60 Å². The predicted molar refractivity (Wildman–Crippen MR) is 68.4 cm³/mol. The highest BCUT2D eigenvalue weighted by Gasteiger charge is 2.29. The molecule has 2 heterocycles. The predicted octanol–water partition coefficient (Wildman–Crippen LogP) is 2.41. The van der Waals surface area contributed by atoms with E-state index in [0.717, 1.165) is 36.2 Å². The summed E-state index contributed by atoms with van der Waals surface area (Å²) in [5.41, 5.74) is 7.32. The molecule has 0 radical (unpaired) electrons. The number of nitrogens with one attached hydrogen (secondary N) is 1. The molecule has 0 spiro atoms. The van der Waals surface area contributed by atoms with E-state index in [0.29, 0.717) is 5.69 Å². The molecule has 2 rings (SSSR count). The highest BCUT2D eigenvalue weighted by molar-refractivity contribution is 9.10. The van der Waals surface area contributed by atoms with Crippen molar-refractivity contribution in [3.8, 4) is 0 Å². The molecule has 1 aromatic rings. The number of ether oxygens (including phenoxy) is 1. The van der Waals surface area contributed by atoms with Crippen LogP contribution in [0.25, 0.3) is 0 Å². The van der Waals surface area contributed by atoms with Crippen molar-refractivity contribution in [2.75, 3.05) is 24.2 Å². The quantitative estimate of drug-likeness (QED) is 0.895. The number of pyridine rings is 1. The fourth-order valence-corrected chi connectivity index (χ4v) is 2.38. The van der Waals surface area contributed by atoms with Gasteiger partial charge in [0.25, 0.3) is 0 Å². The molecule has 16 heavy (non-hydrogen) atoms. The van der Waals surface area contributed by atoms with E-state index in [1.807, 2.05) is 0 Å². The Balaban J connectivity index is 2.04. The van der Waals surface area contributed by atoms with Gasteiger partial charge in [0.05, 0.1) is 27.6 Å². The van der Waals surface area contributed by atoms with Gasteiger partial charge in [-0.2, -0.15) is 0 Å². The van der Waals surface area contributed by atoms with E-state index in [2.05, 4.69) is 33.2 Å². The van der Waals surface area contributed by atoms with E-state index in [1.54, 1.807) is 12.4 Å². The summed E-state index contributed by atoms with van der Waals surface area (Å²) < 4.78 is 6.59. The second-order valence-electron chi connectivity index (χ2n) is 4.34. The lowest BCUT2D eigenvalue weighted by molar-refractivity contribution is 0.0315. The summed E-state index contributed by atoms with van der Waals surface area (Å²) in [7, 11) is 0. The highest BCUT2D eigenvalue weighted by atomic mass is 79.9. The molecule has 0 bridgehead atoms. The Hall–Kier alpha value is -0.810. The zero-order valence-electron chi connectivity index (χ0n) is 9.29. The normalized spacial score (nSPS) is 24.6. The zero-order valence-corrected chi connectivity index (χ0v) is 10.9. The first-order chi connectivity index (χ1) is 7.61. The Labute approximate surface area is 104 Å². The first kappa shape index (κ1) is 11.7. The number of nitrogens with zero attached hydrogens (tertiary/aromatic N) is 1. The van der Waals surface area contributed by atoms with Gasteiger partial charge in [0.15, 0.2) is 0 Å². The molecule has 1 aromatic heterocycles. The minimum Gasteiger partial charge on any atom is -0.396 e. The van der Waals surface area contributed by atoms with Crippen molar-refractivity contribution in [3.05, 3.63) is 16.9 Å². The molecule has 3 N–H and O–H groups in total. The van der Waals surface area contributed by atoms with Crippen LogP contribution in [-0.2, 0) is 4.74 Å². The maximum atomic E-state index is 5.85. The van der Waals surface area contributed by atoms with Crippen molar-refractivity contribution in [3.63, 3.8) is 0 Å². The molecule has 0 aliphatic carbocycles. The molecule has 1 fully saturated rings. The molecule has 1 saturated heterocycles. The van der Waals surface area contributed by atoms with Gasteiger partial charge in [0.1, 0.15) is 0 Å². The van der Waals surface area contributed by atoms with Crippen molar-refractivity contribution < 1.29 is 4.74 Å². The van der Waals surface area contributed by atoms with Gasteiger partial charge in [-0.1, -0.05) is 0 Å². The van der Waals surface area contributed by atoms with Crippen LogP contribution in [0.1, 0.15) is 19.8 Å². The average molecular weight is 286 g/mol. The molecular weight excluding hydrogens is 270 g/mol. The minimum absolute atomic E-state index is 0.0743. The smallest absolute Gasteiger partial charge is 0.0826 e. The van der Waals surface area contributed by atoms with Gasteiger partial charge in [0, 0.05) is 19.3 Å². The minimum atomic E-state index is -0.0743. The van der Waals surface area contributed by atoms with Gasteiger partial charge in [-0.15, -0.1) is 0 Å². The number of halogens is 1. The third kappa shape index (κ3) is 2.47. The van der Waals surface area contributed by atoms with Crippen LogP contribution in [0.3, 0.4) is 0 Å². The Morgan fingerprint density at radius 2 is 2.44 bits per heavy atom. The standard InChI is InChI=1S/C11H16BrN3O/c1-11(3-2-4-16-11)7-15-10-8(12)5-14-6-9(10)13/h5-6H,2-4,7,13H2,1H3,(H,14,15). The van der Waals surface area contributed by atoms with Crippen molar-refractivity contribution in [2.45, 2.75) is 25.4 Å². The largest absolute Gasteiger partial charge is 0.396 e. The summed E-state index contributed by atoms with van der Waals surface area (Å²) in [5, 5.41) is 3.33. The molecule has 1 unspecified atom stereocenters. The van der Waals surface area contributed by atoms with Crippen LogP contribution >= 0.6 is 15.9 Å².